The van der Waals surface area contributed by atoms with Gasteiger partial charge < -0.3 is 5.73 Å². The zero-order valence-electron chi connectivity index (χ0n) is 10.4. The van der Waals surface area contributed by atoms with Crippen molar-refractivity contribution in [2.75, 3.05) is 5.73 Å². The Hall–Kier alpha value is -2.04. The molecule has 2 aromatic rings. The first-order chi connectivity index (χ1) is 9.11. The normalized spacial score (nSPS) is 11.4. The van der Waals surface area contributed by atoms with Crippen LogP contribution in [-0.4, -0.2) is 11.0 Å². The smallest absolute Gasteiger partial charge is 0.157 e. The molecule has 98 valence electrons. The summed E-state index contributed by atoms with van der Waals surface area (Å²) in [5.41, 5.74) is 10.6. The average molecular weight is 276 g/mol. The lowest BCUT2D eigenvalue weighted by Crippen LogP contribution is -2.19. The molecule has 4 nitrogen and oxygen atoms in total. The quantitative estimate of drug-likeness (QED) is 0.341. The first-order valence-electron chi connectivity index (χ1n) is 5.71. The van der Waals surface area contributed by atoms with E-state index in [1.807, 2.05) is 37.3 Å². The van der Waals surface area contributed by atoms with Gasteiger partial charge in [0.1, 0.15) is 0 Å². The Bertz CT molecular complexity index is 612. The van der Waals surface area contributed by atoms with Gasteiger partial charge in [0, 0.05) is 10.6 Å². The Kier molecular flexibility index (Phi) is 4.04. The second-order valence-corrected chi connectivity index (χ2v) is 4.51. The van der Waals surface area contributed by atoms with Crippen LogP contribution in [0.2, 0.25) is 5.02 Å². The summed E-state index contributed by atoms with van der Waals surface area (Å²) in [6, 6.07) is 12.7. The number of hydrogen-bond acceptors (Lipinski definition) is 3. The number of nitrogens with one attached hydrogen (secondary N) is 1. The molecule has 0 saturated carbocycles. The van der Waals surface area contributed by atoms with Crippen LogP contribution in [0, 0.1) is 6.92 Å². The van der Waals surface area contributed by atoms with Crippen LogP contribution in [0.4, 0.5) is 11.4 Å². The summed E-state index contributed by atoms with van der Waals surface area (Å²) in [4.78, 5) is 4.32. The fourth-order valence-corrected chi connectivity index (χ4v) is 1.82. The molecule has 0 spiro atoms. The summed E-state index contributed by atoms with van der Waals surface area (Å²) >= 11 is 5.98. The highest BCUT2D eigenvalue weighted by Crippen LogP contribution is 2.29. The van der Waals surface area contributed by atoms with E-state index >= 15 is 0 Å². The molecule has 0 aliphatic rings. The molecule has 0 bridgehead atoms. The Morgan fingerprint density at radius 2 is 1.95 bits per heavy atom. The molecular weight excluding hydrogens is 262 g/mol. The maximum Gasteiger partial charge on any atom is 0.157 e. The van der Waals surface area contributed by atoms with Crippen LogP contribution in [0.3, 0.4) is 0 Å². The van der Waals surface area contributed by atoms with Gasteiger partial charge in [-0.2, -0.15) is 0 Å². The third kappa shape index (κ3) is 3.05. The van der Waals surface area contributed by atoms with Crippen molar-refractivity contribution in [1.82, 2.24) is 5.48 Å². The van der Waals surface area contributed by atoms with E-state index < -0.39 is 0 Å². The number of aryl methyl sites for hydroxylation is 1. The van der Waals surface area contributed by atoms with Crippen LogP contribution < -0.4 is 11.2 Å². The second-order valence-electron chi connectivity index (χ2n) is 4.10. The van der Waals surface area contributed by atoms with Crippen LogP contribution in [0.1, 0.15) is 11.1 Å². The van der Waals surface area contributed by atoms with Crippen molar-refractivity contribution in [3.05, 3.63) is 58.6 Å². The van der Waals surface area contributed by atoms with E-state index in [9.17, 15) is 5.21 Å². The standard InChI is InChI=1S/C14H14ClN3O/c1-9-7-13(12(16)8-11(9)15)17-14(18-19)10-5-3-2-4-6-10/h2-8,19H,16H2,1H3,(H,17,18). The van der Waals surface area contributed by atoms with Crippen molar-refractivity contribution in [2.24, 2.45) is 4.99 Å². The van der Waals surface area contributed by atoms with Crippen molar-refractivity contribution >= 4 is 28.8 Å². The van der Waals surface area contributed by atoms with Gasteiger partial charge in [-0.3, -0.25) is 10.7 Å². The molecule has 0 aromatic heterocycles. The highest BCUT2D eigenvalue weighted by Gasteiger charge is 2.06. The number of aliphatic imine (C=N–C) groups is 1. The first-order valence-corrected chi connectivity index (χ1v) is 6.09. The van der Waals surface area contributed by atoms with E-state index in [1.165, 1.54) is 0 Å². The van der Waals surface area contributed by atoms with Crippen molar-refractivity contribution in [2.45, 2.75) is 6.92 Å². The van der Waals surface area contributed by atoms with Gasteiger partial charge in [-0.25, -0.2) is 4.99 Å². The number of rotatable bonds is 2. The monoisotopic (exact) mass is 275 g/mol. The largest absolute Gasteiger partial charge is 0.397 e. The first kappa shape index (κ1) is 13.4. The molecule has 19 heavy (non-hydrogen) atoms. The SMILES string of the molecule is Cc1cc(N=C(NO)c2ccccc2)c(N)cc1Cl. The molecule has 2 rings (SSSR count). The average Bonchev–Trinajstić information content (AvgIpc) is 2.42. The molecule has 0 fully saturated rings. The van der Waals surface area contributed by atoms with Gasteiger partial charge in [-0.05, 0) is 24.6 Å². The number of hydrogen-bond donors (Lipinski definition) is 3. The minimum absolute atomic E-state index is 0.328. The number of amidine groups is 1. The molecular formula is C14H14ClN3O. The number of anilines is 1. The molecule has 2 aromatic carbocycles. The van der Waals surface area contributed by atoms with Gasteiger partial charge in [0.05, 0.1) is 11.4 Å². The number of benzene rings is 2. The molecule has 0 saturated heterocycles. The zero-order chi connectivity index (χ0) is 13.8. The lowest BCUT2D eigenvalue weighted by atomic mass is 10.2. The lowest BCUT2D eigenvalue weighted by molar-refractivity contribution is 0.235. The van der Waals surface area contributed by atoms with Gasteiger partial charge >= 0.3 is 0 Å². The molecule has 0 unspecified atom stereocenters. The van der Waals surface area contributed by atoms with Gasteiger partial charge in [0.25, 0.3) is 0 Å². The highest BCUT2D eigenvalue weighted by atomic mass is 35.5. The van der Waals surface area contributed by atoms with Gasteiger partial charge in [0.2, 0.25) is 0 Å². The fraction of sp³-hybridized carbons (Fsp3) is 0.0714. The third-order valence-electron chi connectivity index (χ3n) is 2.69. The van der Waals surface area contributed by atoms with Crippen LogP contribution in [0.15, 0.2) is 47.5 Å². The topological polar surface area (TPSA) is 70.6 Å². The number of nitrogen functional groups attached to an aromatic ring is 1. The van der Waals surface area contributed by atoms with Gasteiger partial charge in [-0.1, -0.05) is 41.9 Å². The summed E-state index contributed by atoms with van der Waals surface area (Å²) in [5, 5.41) is 9.80. The van der Waals surface area contributed by atoms with Crippen LogP contribution in [0.25, 0.3) is 0 Å². The Labute approximate surface area is 116 Å². The maximum atomic E-state index is 9.21. The van der Waals surface area contributed by atoms with E-state index in [0.717, 1.165) is 11.1 Å². The molecule has 5 heteroatoms. The molecule has 4 N–H and O–H groups in total. The van der Waals surface area contributed by atoms with Crippen LogP contribution in [-0.2, 0) is 0 Å². The molecule has 0 radical (unpaired) electrons. The van der Waals surface area contributed by atoms with E-state index in [0.29, 0.717) is 22.2 Å². The third-order valence-corrected chi connectivity index (χ3v) is 3.10. The van der Waals surface area contributed by atoms with Crippen molar-refractivity contribution < 1.29 is 5.21 Å². The van der Waals surface area contributed by atoms with Crippen molar-refractivity contribution in [3.63, 3.8) is 0 Å². The summed E-state index contributed by atoms with van der Waals surface area (Å²) in [6.07, 6.45) is 0. The number of hydroxylamine groups is 1. The van der Waals surface area contributed by atoms with Crippen LogP contribution in [0.5, 0.6) is 0 Å². The highest BCUT2D eigenvalue weighted by molar-refractivity contribution is 6.31. The molecule has 0 aliphatic heterocycles. The predicted molar refractivity (Wildman–Crippen MR) is 78.2 cm³/mol. The molecule has 0 amide bonds. The fourth-order valence-electron chi connectivity index (χ4n) is 1.65. The summed E-state index contributed by atoms with van der Waals surface area (Å²) in [6.45, 7) is 1.87. The number of nitrogens with zero attached hydrogens (tertiary/aromatic N) is 1. The van der Waals surface area contributed by atoms with Gasteiger partial charge in [0.15, 0.2) is 5.84 Å². The number of nitrogens with two attached hydrogens (primary N) is 1. The summed E-state index contributed by atoms with van der Waals surface area (Å²) in [7, 11) is 0. The summed E-state index contributed by atoms with van der Waals surface area (Å²) in [5.74, 6) is 0.328. The van der Waals surface area contributed by atoms with E-state index in [1.54, 1.807) is 12.1 Å². The predicted octanol–water partition coefficient (Wildman–Crippen LogP) is 3.29. The van der Waals surface area contributed by atoms with E-state index in [-0.39, 0.29) is 0 Å². The summed E-state index contributed by atoms with van der Waals surface area (Å²) < 4.78 is 0. The van der Waals surface area contributed by atoms with Crippen molar-refractivity contribution in [1.29, 1.82) is 0 Å². The van der Waals surface area contributed by atoms with Gasteiger partial charge in [-0.15, -0.1) is 0 Å². The Morgan fingerprint density at radius 1 is 1.26 bits per heavy atom. The minimum Gasteiger partial charge on any atom is -0.397 e. The second kappa shape index (κ2) is 5.73. The van der Waals surface area contributed by atoms with E-state index in [4.69, 9.17) is 17.3 Å². The zero-order valence-corrected chi connectivity index (χ0v) is 11.1. The molecule has 0 heterocycles. The maximum absolute atomic E-state index is 9.21. The Morgan fingerprint density at radius 3 is 2.58 bits per heavy atom. The Balaban J connectivity index is 2.47. The number of halogens is 1. The van der Waals surface area contributed by atoms with Crippen molar-refractivity contribution in [3.8, 4) is 0 Å². The molecule has 0 aliphatic carbocycles. The molecule has 0 atom stereocenters. The van der Waals surface area contributed by atoms with E-state index in [2.05, 4.69) is 10.5 Å². The van der Waals surface area contributed by atoms with Crippen LogP contribution >= 0.6 is 11.6 Å². The lowest BCUT2D eigenvalue weighted by Gasteiger charge is -2.08. The minimum atomic E-state index is 0.328.